The van der Waals surface area contributed by atoms with Crippen LogP contribution in [0, 0.1) is 5.92 Å². The highest BCUT2D eigenvalue weighted by Crippen LogP contribution is 2.25. The van der Waals surface area contributed by atoms with Crippen LogP contribution in [-0.4, -0.2) is 29.3 Å². The number of amides is 2. The van der Waals surface area contributed by atoms with Gasteiger partial charge >= 0.3 is 0 Å². The number of carbonyl (C=O) groups excluding carboxylic acids is 2. The molecule has 0 radical (unpaired) electrons. The van der Waals surface area contributed by atoms with Crippen LogP contribution < -0.4 is 5.73 Å². The normalized spacial score (nSPS) is 22.5. The summed E-state index contributed by atoms with van der Waals surface area (Å²) in [4.78, 5) is 24.8. The molecule has 0 spiro atoms. The predicted molar refractivity (Wildman–Crippen MR) is 62.6 cm³/mol. The third-order valence-electron chi connectivity index (χ3n) is 3.20. The number of nitrogens with zero attached hydrogens (tertiary/aromatic N) is 1. The maximum Gasteiger partial charge on any atom is 0.240 e. The van der Waals surface area contributed by atoms with E-state index in [-0.39, 0.29) is 17.9 Å². The molecule has 1 saturated heterocycles. The van der Waals surface area contributed by atoms with Gasteiger partial charge in [0.2, 0.25) is 11.8 Å². The summed E-state index contributed by atoms with van der Waals surface area (Å²) in [6, 6.07) is -0.389. The van der Waals surface area contributed by atoms with Crippen LogP contribution in [0.1, 0.15) is 46.0 Å². The largest absolute Gasteiger partial charge is 0.368 e. The molecule has 2 unspecified atom stereocenters. The van der Waals surface area contributed by atoms with Gasteiger partial charge in [0.25, 0.3) is 0 Å². The summed E-state index contributed by atoms with van der Waals surface area (Å²) in [5.74, 6) is 0.138. The maximum absolute atomic E-state index is 11.8. The summed E-state index contributed by atoms with van der Waals surface area (Å²) < 4.78 is 0. The molecule has 0 aromatic heterocycles. The Morgan fingerprint density at radius 3 is 2.69 bits per heavy atom. The number of hydrogen-bond donors (Lipinski definition) is 1. The molecule has 2 atom stereocenters. The fourth-order valence-corrected chi connectivity index (χ4v) is 2.44. The second kappa shape index (κ2) is 5.87. The molecule has 0 bridgehead atoms. The molecule has 2 N–H and O–H groups in total. The standard InChI is InChI=1S/C12H22N2O2/c1-3-5-9-7-11(15)14(8-9)10(6-4-2)12(13)16/h9-10H,3-8H2,1-2H3,(H2,13,16). The Labute approximate surface area is 97.2 Å². The Hall–Kier alpha value is -1.06. The van der Waals surface area contributed by atoms with E-state index in [4.69, 9.17) is 5.73 Å². The fourth-order valence-electron chi connectivity index (χ4n) is 2.44. The lowest BCUT2D eigenvalue weighted by Crippen LogP contribution is -2.45. The van der Waals surface area contributed by atoms with E-state index < -0.39 is 0 Å². The van der Waals surface area contributed by atoms with Crippen molar-refractivity contribution in [3.8, 4) is 0 Å². The predicted octanol–water partition coefficient (Wildman–Crippen LogP) is 1.29. The van der Waals surface area contributed by atoms with Gasteiger partial charge in [-0.15, -0.1) is 0 Å². The van der Waals surface area contributed by atoms with Crippen molar-refractivity contribution in [3.63, 3.8) is 0 Å². The summed E-state index contributed by atoms with van der Waals surface area (Å²) >= 11 is 0. The smallest absolute Gasteiger partial charge is 0.240 e. The van der Waals surface area contributed by atoms with Crippen molar-refractivity contribution in [2.75, 3.05) is 6.54 Å². The first-order valence-corrected chi connectivity index (χ1v) is 6.18. The van der Waals surface area contributed by atoms with Gasteiger partial charge in [-0.05, 0) is 18.8 Å². The Balaban J connectivity index is 2.64. The summed E-state index contributed by atoms with van der Waals surface area (Å²) in [5, 5.41) is 0. The summed E-state index contributed by atoms with van der Waals surface area (Å²) in [6.45, 7) is 4.82. The zero-order valence-electron chi connectivity index (χ0n) is 10.2. The summed E-state index contributed by atoms with van der Waals surface area (Å²) in [7, 11) is 0. The SMILES string of the molecule is CCCC1CC(=O)N(C(CCC)C(N)=O)C1. The molecule has 16 heavy (non-hydrogen) atoms. The summed E-state index contributed by atoms with van der Waals surface area (Å²) in [6.07, 6.45) is 4.28. The van der Waals surface area contributed by atoms with Crippen molar-refractivity contribution in [1.82, 2.24) is 4.90 Å². The van der Waals surface area contributed by atoms with Crippen LogP contribution in [0.15, 0.2) is 0 Å². The van der Waals surface area contributed by atoms with Crippen LogP contribution in [0.3, 0.4) is 0 Å². The van der Waals surface area contributed by atoms with Crippen LogP contribution in [0.5, 0.6) is 0 Å². The Kier molecular flexibility index (Phi) is 4.77. The van der Waals surface area contributed by atoms with Crippen LogP contribution in [0.2, 0.25) is 0 Å². The van der Waals surface area contributed by atoms with E-state index in [0.29, 0.717) is 25.3 Å². The molecule has 1 rings (SSSR count). The van der Waals surface area contributed by atoms with Gasteiger partial charge in [0.15, 0.2) is 0 Å². The Morgan fingerprint density at radius 2 is 2.19 bits per heavy atom. The van der Waals surface area contributed by atoms with E-state index >= 15 is 0 Å². The van der Waals surface area contributed by atoms with Crippen molar-refractivity contribution >= 4 is 11.8 Å². The number of carbonyl (C=O) groups is 2. The average molecular weight is 226 g/mol. The first-order valence-electron chi connectivity index (χ1n) is 6.18. The molecule has 1 aliphatic rings. The molecule has 0 aromatic rings. The Bertz CT molecular complexity index is 266. The third kappa shape index (κ3) is 2.97. The van der Waals surface area contributed by atoms with E-state index in [2.05, 4.69) is 6.92 Å². The third-order valence-corrected chi connectivity index (χ3v) is 3.20. The molecular formula is C12H22N2O2. The van der Waals surface area contributed by atoms with E-state index in [1.807, 2.05) is 6.92 Å². The maximum atomic E-state index is 11.8. The molecule has 1 aliphatic heterocycles. The second-order valence-electron chi connectivity index (χ2n) is 4.61. The van der Waals surface area contributed by atoms with Crippen molar-refractivity contribution in [2.45, 2.75) is 52.0 Å². The van der Waals surface area contributed by atoms with Crippen molar-refractivity contribution < 1.29 is 9.59 Å². The second-order valence-corrected chi connectivity index (χ2v) is 4.61. The van der Waals surface area contributed by atoms with Crippen molar-refractivity contribution in [1.29, 1.82) is 0 Å². The van der Waals surface area contributed by atoms with Gasteiger partial charge in [0, 0.05) is 13.0 Å². The van der Waals surface area contributed by atoms with Crippen LogP contribution in [0.4, 0.5) is 0 Å². The van der Waals surface area contributed by atoms with Gasteiger partial charge in [-0.2, -0.15) is 0 Å². The minimum Gasteiger partial charge on any atom is -0.368 e. The number of rotatable bonds is 6. The lowest BCUT2D eigenvalue weighted by atomic mass is 10.0. The van der Waals surface area contributed by atoms with Gasteiger partial charge < -0.3 is 10.6 Å². The first-order chi connectivity index (χ1) is 7.60. The molecule has 0 aliphatic carbocycles. The molecule has 0 aromatic carbocycles. The number of likely N-dealkylation sites (tertiary alicyclic amines) is 1. The van der Waals surface area contributed by atoms with E-state index in [1.165, 1.54) is 0 Å². The van der Waals surface area contributed by atoms with Gasteiger partial charge in [-0.1, -0.05) is 26.7 Å². The van der Waals surface area contributed by atoms with E-state index in [0.717, 1.165) is 19.3 Å². The minimum absolute atomic E-state index is 0.0932. The van der Waals surface area contributed by atoms with E-state index in [1.54, 1.807) is 4.90 Å². The van der Waals surface area contributed by atoms with Crippen molar-refractivity contribution in [3.05, 3.63) is 0 Å². The van der Waals surface area contributed by atoms with Gasteiger partial charge in [0.1, 0.15) is 6.04 Å². The highest BCUT2D eigenvalue weighted by molar-refractivity contribution is 5.87. The molecule has 92 valence electrons. The van der Waals surface area contributed by atoms with Crippen LogP contribution in [0.25, 0.3) is 0 Å². The van der Waals surface area contributed by atoms with Gasteiger partial charge in [0.05, 0.1) is 0 Å². The van der Waals surface area contributed by atoms with Crippen molar-refractivity contribution in [2.24, 2.45) is 11.7 Å². The molecule has 1 fully saturated rings. The lowest BCUT2D eigenvalue weighted by molar-refractivity contribution is -0.136. The Morgan fingerprint density at radius 1 is 1.50 bits per heavy atom. The van der Waals surface area contributed by atoms with Crippen LogP contribution in [-0.2, 0) is 9.59 Å². The lowest BCUT2D eigenvalue weighted by Gasteiger charge is -2.25. The number of hydrogen-bond acceptors (Lipinski definition) is 2. The van der Waals surface area contributed by atoms with Gasteiger partial charge in [-0.25, -0.2) is 0 Å². The molecule has 0 saturated carbocycles. The monoisotopic (exact) mass is 226 g/mol. The van der Waals surface area contributed by atoms with Gasteiger partial charge in [-0.3, -0.25) is 9.59 Å². The van der Waals surface area contributed by atoms with Crippen LogP contribution >= 0.6 is 0 Å². The first kappa shape index (κ1) is 13.0. The molecular weight excluding hydrogens is 204 g/mol. The topological polar surface area (TPSA) is 63.4 Å². The number of primary amides is 1. The molecule has 4 heteroatoms. The zero-order chi connectivity index (χ0) is 12.1. The number of nitrogens with two attached hydrogens (primary N) is 1. The minimum atomic E-state index is -0.389. The average Bonchev–Trinajstić information content (AvgIpc) is 2.56. The molecule has 2 amide bonds. The molecule has 1 heterocycles. The summed E-state index contributed by atoms with van der Waals surface area (Å²) in [5.41, 5.74) is 5.35. The molecule has 4 nitrogen and oxygen atoms in total. The highest BCUT2D eigenvalue weighted by Gasteiger charge is 2.35. The fraction of sp³-hybridized carbons (Fsp3) is 0.833. The zero-order valence-corrected chi connectivity index (χ0v) is 10.2. The quantitative estimate of drug-likeness (QED) is 0.741. The highest BCUT2D eigenvalue weighted by atomic mass is 16.2. The van der Waals surface area contributed by atoms with E-state index in [9.17, 15) is 9.59 Å².